The smallest absolute Gasteiger partial charge is 0.200 e. The maximum absolute atomic E-state index is 13.0. The van der Waals surface area contributed by atoms with Crippen molar-refractivity contribution in [2.75, 3.05) is 6.54 Å². The lowest BCUT2D eigenvalue weighted by Crippen LogP contribution is -2.13. The fraction of sp³-hybridized carbons (Fsp3) is 0.400. The summed E-state index contributed by atoms with van der Waals surface area (Å²) >= 11 is 0. The maximum atomic E-state index is 13.0. The number of hydrogen-bond acceptors (Lipinski definition) is 2. The van der Waals surface area contributed by atoms with Crippen LogP contribution < -0.4 is 5.32 Å². The third-order valence-electron chi connectivity index (χ3n) is 2.54. The van der Waals surface area contributed by atoms with Gasteiger partial charge >= 0.3 is 0 Å². The quantitative estimate of drug-likeness (QED) is 0.725. The second-order valence-electron chi connectivity index (χ2n) is 3.45. The topological polar surface area (TPSA) is 32.3 Å². The van der Waals surface area contributed by atoms with Crippen molar-refractivity contribution in [2.45, 2.75) is 18.9 Å². The largest absolute Gasteiger partial charge is 0.505 e. The van der Waals surface area contributed by atoms with E-state index < -0.39 is 17.4 Å². The van der Waals surface area contributed by atoms with Gasteiger partial charge in [0.25, 0.3) is 0 Å². The van der Waals surface area contributed by atoms with Gasteiger partial charge in [0, 0.05) is 11.6 Å². The molecular formula is C10H11F2NO. The highest BCUT2D eigenvalue weighted by molar-refractivity contribution is 5.37. The Morgan fingerprint density at radius 3 is 2.79 bits per heavy atom. The first-order chi connectivity index (χ1) is 6.70. The van der Waals surface area contributed by atoms with Crippen LogP contribution >= 0.6 is 0 Å². The van der Waals surface area contributed by atoms with Gasteiger partial charge in [0.05, 0.1) is 0 Å². The monoisotopic (exact) mass is 199 g/mol. The molecule has 76 valence electrons. The Morgan fingerprint density at radius 2 is 2.14 bits per heavy atom. The molecule has 0 aliphatic carbocycles. The summed E-state index contributed by atoms with van der Waals surface area (Å²) < 4.78 is 25.7. The number of halogens is 2. The molecule has 1 aromatic rings. The number of aromatic hydroxyl groups is 1. The van der Waals surface area contributed by atoms with E-state index in [-0.39, 0.29) is 6.04 Å². The van der Waals surface area contributed by atoms with Gasteiger partial charge in [-0.1, -0.05) is 6.07 Å². The fourth-order valence-corrected chi connectivity index (χ4v) is 1.79. The molecule has 2 N–H and O–H groups in total. The van der Waals surface area contributed by atoms with E-state index in [1.807, 2.05) is 0 Å². The van der Waals surface area contributed by atoms with Gasteiger partial charge in [-0.05, 0) is 25.5 Å². The van der Waals surface area contributed by atoms with Crippen LogP contribution in [0.4, 0.5) is 8.78 Å². The summed E-state index contributed by atoms with van der Waals surface area (Å²) in [5.41, 5.74) is 0.446. The van der Waals surface area contributed by atoms with Crippen LogP contribution in [-0.4, -0.2) is 11.7 Å². The van der Waals surface area contributed by atoms with Crippen LogP contribution in [0.25, 0.3) is 0 Å². The van der Waals surface area contributed by atoms with E-state index in [4.69, 9.17) is 0 Å². The number of hydrogen-bond donors (Lipinski definition) is 2. The Morgan fingerprint density at radius 1 is 1.36 bits per heavy atom. The Kier molecular flexibility index (Phi) is 2.37. The molecule has 1 aliphatic rings. The molecule has 0 amide bonds. The number of phenolic OH excluding ortho intramolecular Hbond substituents is 1. The van der Waals surface area contributed by atoms with Crippen molar-refractivity contribution in [3.8, 4) is 5.75 Å². The molecule has 1 saturated heterocycles. The second kappa shape index (κ2) is 3.53. The lowest BCUT2D eigenvalue weighted by Gasteiger charge is -2.12. The standard InChI is InChI=1S/C10H11F2NO/c11-7-4-3-6(10(14)9(7)12)8-2-1-5-13-8/h3-4,8,13-14H,1-2,5H2. The lowest BCUT2D eigenvalue weighted by atomic mass is 10.0. The van der Waals surface area contributed by atoms with Crippen LogP contribution in [0.3, 0.4) is 0 Å². The van der Waals surface area contributed by atoms with Crippen molar-refractivity contribution in [3.63, 3.8) is 0 Å². The first kappa shape index (κ1) is 9.40. The predicted molar refractivity (Wildman–Crippen MR) is 48.0 cm³/mol. The van der Waals surface area contributed by atoms with Gasteiger partial charge in [-0.15, -0.1) is 0 Å². The minimum Gasteiger partial charge on any atom is -0.505 e. The summed E-state index contributed by atoms with van der Waals surface area (Å²) in [7, 11) is 0. The third kappa shape index (κ3) is 1.46. The molecule has 14 heavy (non-hydrogen) atoms. The van der Waals surface area contributed by atoms with Crippen molar-refractivity contribution in [3.05, 3.63) is 29.3 Å². The van der Waals surface area contributed by atoms with Crippen LogP contribution in [0.15, 0.2) is 12.1 Å². The Labute approximate surface area is 80.6 Å². The number of benzene rings is 1. The normalized spacial score (nSPS) is 21.4. The molecule has 1 fully saturated rings. The minimum atomic E-state index is -1.16. The van der Waals surface area contributed by atoms with Crippen molar-refractivity contribution >= 4 is 0 Å². The molecule has 1 heterocycles. The lowest BCUT2D eigenvalue weighted by molar-refractivity contribution is 0.394. The molecule has 1 aromatic carbocycles. The predicted octanol–water partition coefficient (Wildman–Crippen LogP) is 2.09. The number of phenols is 1. The van der Waals surface area contributed by atoms with Crippen LogP contribution in [-0.2, 0) is 0 Å². The van der Waals surface area contributed by atoms with Gasteiger partial charge in [0.2, 0.25) is 5.82 Å². The molecule has 0 aromatic heterocycles. The Hall–Kier alpha value is -1.16. The zero-order valence-corrected chi connectivity index (χ0v) is 7.56. The van der Waals surface area contributed by atoms with E-state index in [1.54, 1.807) is 0 Å². The average Bonchev–Trinajstić information content (AvgIpc) is 2.67. The maximum Gasteiger partial charge on any atom is 0.200 e. The van der Waals surface area contributed by atoms with Crippen molar-refractivity contribution < 1.29 is 13.9 Å². The van der Waals surface area contributed by atoms with E-state index >= 15 is 0 Å². The second-order valence-corrected chi connectivity index (χ2v) is 3.45. The van der Waals surface area contributed by atoms with Crippen LogP contribution in [0, 0.1) is 11.6 Å². The molecule has 0 radical (unpaired) electrons. The fourth-order valence-electron chi connectivity index (χ4n) is 1.79. The summed E-state index contributed by atoms with van der Waals surface area (Å²) in [6, 6.07) is 2.42. The van der Waals surface area contributed by atoms with Crippen LogP contribution in [0.1, 0.15) is 24.4 Å². The Bertz CT molecular complexity index is 348. The summed E-state index contributed by atoms with van der Waals surface area (Å²) in [6.07, 6.45) is 1.84. The molecule has 0 bridgehead atoms. The van der Waals surface area contributed by atoms with Gasteiger partial charge < -0.3 is 10.4 Å². The van der Waals surface area contributed by atoms with E-state index in [2.05, 4.69) is 5.32 Å². The van der Waals surface area contributed by atoms with Crippen molar-refractivity contribution in [1.82, 2.24) is 5.32 Å². The molecule has 0 spiro atoms. The zero-order valence-electron chi connectivity index (χ0n) is 7.56. The van der Waals surface area contributed by atoms with Crippen molar-refractivity contribution in [1.29, 1.82) is 0 Å². The van der Waals surface area contributed by atoms with Crippen LogP contribution in [0.5, 0.6) is 5.75 Å². The first-order valence-electron chi connectivity index (χ1n) is 4.60. The SMILES string of the molecule is Oc1c(C2CCCN2)ccc(F)c1F. The summed E-state index contributed by atoms with van der Waals surface area (Å²) in [6.45, 7) is 0.850. The van der Waals surface area contributed by atoms with E-state index in [0.717, 1.165) is 25.5 Å². The van der Waals surface area contributed by atoms with Gasteiger partial charge in [-0.25, -0.2) is 4.39 Å². The molecule has 1 unspecified atom stereocenters. The molecular weight excluding hydrogens is 188 g/mol. The van der Waals surface area contributed by atoms with Gasteiger partial charge in [-0.3, -0.25) is 0 Å². The minimum absolute atomic E-state index is 0.0508. The molecule has 4 heteroatoms. The summed E-state index contributed by atoms with van der Waals surface area (Å²) in [5.74, 6) is -2.73. The molecule has 2 rings (SSSR count). The van der Waals surface area contributed by atoms with E-state index in [1.165, 1.54) is 6.07 Å². The molecule has 0 saturated carbocycles. The van der Waals surface area contributed by atoms with Crippen molar-refractivity contribution in [2.24, 2.45) is 0 Å². The third-order valence-corrected chi connectivity index (χ3v) is 2.54. The average molecular weight is 199 g/mol. The molecule has 1 atom stereocenters. The highest BCUT2D eigenvalue weighted by Gasteiger charge is 2.22. The zero-order chi connectivity index (χ0) is 10.1. The number of rotatable bonds is 1. The Balaban J connectivity index is 2.38. The summed E-state index contributed by atoms with van der Waals surface area (Å²) in [5, 5.41) is 12.5. The van der Waals surface area contributed by atoms with Gasteiger partial charge in [0.15, 0.2) is 11.6 Å². The van der Waals surface area contributed by atoms with Gasteiger partial charge in [-0.2, -0.15) is 4.39 Å². The van der Waals surface area contributed by atoms with E-state index in [9.17, 15) is 13.9 Å². The van der Waals surface area contributed by atoms with Gasteiger partial charge in [0.1, 0.15) is 0 Å². The number of nitrogens with one attached hydrogen (secondary N) is 1. The highest BCUT2D eigenvalue weighted by atomic mass is 19.2. The first-order valence-corrected chi connectivity index (χ1v) is 4.60. The summed E-state index contributed by atoms with van der Waals surface area (Å²) in [4.78, 5) is 0. The van der Waals surface area contributed by atoms with Crippen LogP contribution in [0.2, 0.25) is 0 Å². The van der Waals surface area contributed by atoms with E-state index in [0.29, 0.717) is 5.56 Å². The molecule has 2 nitrogen and oxygen atoms in total. The highest BCUT2D eigenvalue weighted by Crippen LogP contribution is 2.32. The molecule has 1 aliphatic heterocycles.